The lowest BCUT2D eigenvalue weighted by molar-refractivity contribution is -0.138. The zero-order valence-electron chi connectivity index (χ0n) is 12.7. The summed E-state index contributed by atoms with van der Waals surface area (Å²) < 4.78 is 40.3. The fourth-order valence-electron chi connectivity index (χ4n) is 2.66. The first-order valence-electron chi connectivity index (χ1n) is 7.58. The first-order chi connectivity index (χ1) is 11.4. The van der Waals surface area contributed by atoms with Crippen LogP contribution in [-0.2, 0) is 12.7 Å². The van der Waals surface area contributed by atoms with Crippen molar-refractivity contribution >= 4 is 21.8 Å². The highest BCUT2D eigenvalue weighted by atomic mass is 79.9. The van der Waals surface area contributed by atoms with Crippen LogP contribution in [0.3, 0.4) is 0 Å². The first-order valence-corrected chi connectivity index (χ1v) is 8.37. The number of nitrogens with zero attached hydrogens (tertiary/aromatic N) is 1. The number of carbonyl (C=O) groups is 1. The van der Waals surface area contributed by atoms with E-state index in [0.29, 0.717) is 5.56 Å². The zero-order valence-corrected chi connectivity index (χ0v) is 14.3. The number of hydrogen-bond donors (Lipinski definition) is 0. The molecule has 0 atom stereocenters. The molecule has 0 aliphatic heterocycles. The zero-order chi connectivity index (χ0) is 17.3. The smallest absolute Gasteiger partial charge is 0.331 e. The van der Waals surface area contributed by atoms with Crippen molar-refractivity contribution in [2.24, 2.45) is 0 Å². The molecule has 6 heteroatoms. The fraction of sp³-hybridized carbons (Fsp3) is 0.278. The van der Waals surface area contributed by atoms with Crippen LogP contribution in [0.15, 0.2) is 53.0 Å². The van der Waals surface area contributed by atoms with E-state index in [9.17, 15) is 18.0 Å². The van der Waals surface area contributed by atoms with Crippen molar-refractivity contribution in [3.8, 4) is 0 Å². The Labute approximate surface area is 146 Å². The molecule has 1 aliphatic rings. The number of carbonyl (C=O) groups excluding carboxylic acids is 1. The fourth-order valence-corrected chi connectivity index (χ4v) is 3.06. The highest BCUT2D eigenvalue weighted by molar-refractivity contribution is 9.10. The molecular weight excluding hydrogens is 383 g/mol. The van der Waals surface area contributed by atoms with Crippen LogP contribution in [0.1, 0.15) is 34.3 Å². The minimum atomic E-state index is -4.43. The second-order valence-electron chi connectivity index (χ2n) is 5.83. The average Bonchev–Trinajstić information content (AvgIpc) is 3.36. The van der Waals surface area contributed by atoms with E-state index in [0.717, 1.165) is 23.4 Å². The normalized spacial score (nSPS) is 14.5. The minimum Gasteiger partial charge on any atom is -0.331 e. The molecule has 3 rings (SSSR count). The van der Waals surface area contributed by atoms with Gasteiger partial charge in [0.1, 0.15) is 0 Å². The van der Waals surface area contributed by atoms with Gasteiger partial charge in [0.25, 0.3) is 5.91 Å². The van der Waals surface area contributed by atoms with Gasteiger partial charge in [0.15, 0.2) is 0 Å². The van der Waals surface area contributed by atoms with Crippen molar-refractivity contribution in [1.82, 2.24) is 4.90 Å². The Kier molecular flexibility index (Phi) is 4.67. The molecule has 0 spiro atoms. The van der Waals surface area contributed by atoms with Gasteiger partial charge in [-0.05, 0) is 42.7 Å². The average molecular weight is 398 g/mol. The predicted molar refractivity (Wildman–Crippen MR) is 88.5 cm³/mol. The Morgan fingerprint density at radius 2 is 1.83 bits per heavy atom. The van der Waals surface area contributed by atoms with E-state index in [1.54, 1.807) is 35.2 Å². The van der Waals surface area contributed by atoms with E-state index in [1.807, 2.05) is 0 Å². The largest absolute Gasteiger partial charge is 0.416 e. The molecule has 0 N–H and O–H groups in total. The van der Waals surface area contributed by atoms with Crippen LogP contribution in [-0.4, -0.2) is 16.8 Å². The third-order valence-corrected chi connectivity index (χ3v) is 4.48. The van der Waals surface area contributed by atoms with Gasteiger partial charge in [0, 0.05) is 22.6 Å². The van der Waals surface area contributed by atoms with Crippen molar-refractivity contribution < 1.29 is 18.0 Å². The highest BCUT2D eigenvalue weighted by Gasteiger charge is 2.37. The molecule has 2 aromatic carbocycles. The molecule has 1 amide bonds. The third-order valence-electron chi connectivity index (χ3n) is 3.98. The third kappa shape index (κ3) is 3.80. The summed E-state index contributed by atoms with van der Waals surface area (Å²) in [6.45, 7) is -0.0360. The van der Waals surface area contributed by atoms with Gasteiger partial charge in [-0.3, -0.25) is 4.79 Å². The summed E-state index contributed by atoms with van der Waals surface area (Å²) in [5.74, 6) is -0.240. The lowest BCUT2D eigenvalue weighted by Crippen LogP contribution is -2.33. The predicted octanol–water partition coefficient (Wildman–Crippen LogP) is 5.27. The Hall–Kier alpha value is -1.82. The van der Waals surface area contributed by atoms with Gasteiger partial charge in [-0.15, -0.1) is 0 Å². The highest BCUT2D eigenvalue weighted by Crippen LogP contribution is 2.35. The standard InChI is InChI=1S/C18H15BrF3NO/c19-14-6-3-5-12(10-14)17(24)23(15-8-9-15)11-13-4-1-2-7-16(13)18(20,21)22/h1-7,10,15H,8-9,11H2. The van der Waals surface area contributed by atoms with Crippen molar-refractivity contribution in [1.29, 1.82) is 0 Å². The van der Waals surface area contributed by atoms with E-state index in [-0.39, 0.29) is 24.1 Å². The number of benzene rings is 2. The quantitative estimate of drug-likeness (QED) is 0.687. The van der Waals surface area contributed by atoms with Crippen LogP contribution < -0.4 is 0 Å². The number of amides is 1. The number of rotatable bonds is 4. The lowest BCUT2D eigenvalue weighted by atomic mass is 10.1. The molecule has 24 heavy (non-hydrogen) atoms. The summed E-state index contributed by atoms with van der Waals surface area (Å²) in [6, 6.07) is 12.4. The monoisotopic (exact) mass is 397 g/mol. The summed E-state index contributed by atoms with van der Waals surface area (Å²) in [6.07, 6.45) is -2.77. The molecule has 2 aromatic rings. The first kappa shape index (κ1) is 17.0. The molecule has 0 radical (unpaired) electrons. The minimum absolute atomic E-state index is 0.0118. The maximum Gasteiger partial charge on any atom is 0.416 e. The van der Waals surface area contributed by atoms with Crippen LogP contribution in [0.25, 0.3) is 0 Å². The van der Waals surface area contributed by atoms with Gasteiger partial charge in [-0.25, -0.2) is 0 Å². The van der Waals surface area contributed by atoms with Gasteiger partial charge >= 0.3 is 6.18 Å². The van der Waals surface area contributed by atoms with Crippen LogP contribution in [0, 0.1) is 0 Å². The van der Waals surface area contributed by atoms with Gasteiger partial charge in [-0.1, -0.05) is 40.2 Å². The van der Waals surface area contributed by atoms with Gasteiger partial charge < -0.3 is 4.90 Å². The van der Waals surface area contributed by atoms with E-state index in [4.69, 9.17) is 0 Å². The summed E-state index contributed by atoms with van der Waals surface area (Å²) in [5, 5.41) is 0. The van der Waals surface area contributed by atoms with Gasteiger partial charge in [-0.2, -0.15) is 13.2 Å². The Bertz CT molecular complexity index is 756. The molecule has 2 nitrogen and oxygen atoms in total. The van der Waals surface area contributed by atoms with Crippen LogP contribution >= 0.6 is 15.9 Å². The molecule has 1 fully saturated rings. The van der Waals surface area contributed by atoms with Crippen molar-refractivity contribution in [2.45, 2.75) is 31.6 Å². The molecule has 126 valence electrons. The van der Waals surface area contributed by atoms with Crippen LogP contribution in [0.2, 0.25) is 0 Å². The molecule has 1 saturated carbocycles. The lowest BCUT2D eigenvalue weighted by Gasteiger charge is -2.24. The van der Waals surface area contributed by atoms with E-state index in [1.165, 1.54) is 12.1 Å². The topological polar surface area (TPSA) is 20.3 Å². The Morgan fingerprint density at radius 1 is 1.12 bits per heavy atom. The summed E-state index contributed by atoms with van der Waals surface area (Å²) >= 11 is 3.32. The van der Waals surface area contributed by atoms with Crippen molar-refractivity contribution in [2.75, 3.05) is 0 Å². The van der Waals surface area contributed by atoms with E-state index < -0.39 is 11.7 Å². The summed E-state index contributed by atoms with van der Waals surface area (Å²) in [5.41, 5.74) is -0.0845. The second kappa shape index (κ2) is 6.59. The molecule has 0 unspecified atom stereocenters. The SMILES string of the molecule is O=C(c1cccc(Br)c1)N(Cc1ccccc1C(F)(F)F)C1CC1. The molecule has 0 saturated heterocycles. The van der Waals surface area contributed by atoms with E-state index in [2.05, 4.69) is 15.9 Å². The summed E-state index contributed by atoms with van der Waals surface area (Å²) in [7, 11) is 0. The Balaban J connectivity index is 1.90. The molecule has 0 bridgehead atoms. The van der Waals surface area contributed by atoms with E-state index >= 15 is 0 Å². The molecule has 1 aliphatic carbocycles. The summed E-state index contributed by atoms with van der Waals surface area (Å²) in [4.78, 5) is 14.3. The van der Waals surface area contributed by atoms with Crippen LogP contribution in [0.5, 0.6) is 0 Å². The van der Waals surface area contributed by atoms with Crippen molar-refractivity contribution in [3.63, 3.8) is 0 Å². The van der Waals surface area contributed by atoms with Gasteiger partial charge in [0.2, 0.25) is 0 Å². The van der Waals surface area contributed by atoms with Gasteiger partial charge in [0.05, 0.1) is 5.56 Å². The Morgan fingerprint density at radius 3 is 2.46 bits per heavy atom. The number of halogens is 4. The second-order valence-corrected chi connectivity index (χ2v) is 6.75. The maximum atomic E-state index is 13.2. The number of hydrogen-bond acceptors (Lipinski definition) is 1. The molecule has 0 aromatic heterocycles. The number of alkyl halides is 3. The van der Waals surface area contributed by atoms with Crippen molar-refractivity contribution in [3.05, 3.63) is 69.7 Å². The molecule has 0 heterocycles. The maximum absolute atomic E-state index is 13.2. The van der Waals surface area contributed by atoms with Crippen LogP contribution in [0.4, 0.5) is 13.2 Å². The molecular formula is C18H15BrF3NO.